The maximum atomic E-state index is 11.8. The number of phosphoric ester groups is 1. The molecule has 26 heavy (non-hydrogen) atoms. The lowest BCUT2D eigenvalue weighted by Gasteiger charge is -2.24. The van der Waals surface area contributed by atoms with Gasteiger partial charge in [0.15, 0.2) is 6.10 Å². The Labute approximate surface area is 151 Å². The van der Waals surface area contributed by atoms with Crippen LogP contribution in [-0.4, -0.2) is 81.1 Å². The molecule has 0 saturated carbocycles. The lowest BCUT2D eigenvalue weighted by atomic mass is 10.4. The van der Waals surface area contributed by atoms with Gasteiger partial charge in [-0.1, -0.05) is 6.58 Å². The van der Waals surface area contributed by atoms with Crippen LogP contribution in [0.15, 0.2) is 12.7 Å². The van der Waals surface area contributed by atoms with E-state index in [-0.39, 0.29) is 6.61 Å². The summed E-state index contributed by atoms with van der Waals surface area (Å²) in [5.41, 5.74) is 0. The Hall–Kier alpha value is -1.78. The Morgan fingerprint density at radius 1 is 1.19 bits per heavy atom. The summed E-state index contributed by atoms with van der Waals surface area (Å²) in [7, 11) is 1.18. The molecule has 150 valence electrons. The maximum Gasteiger partial charge on any atom is 0.516 e. The molecule has 0 aliphatic carbocycles. The third kappa shape index (κ3) is 13.5. The second kappa shape index (κ2) is 11.0. The first kappa shape index (κ1) is 24.2. The molecule has 1 N–H and O–H groups in total. The molecular formula is C14H25NO10P+. The van der Waals surface area contributed by atoms with Crippen molar-refractivity contribution >= 4 is 25.9 Å². The van der Waals surface area contributed by atoms with Crippen LogP contribution in [-0.2, 0) is 37.4 Å². The van der Waals surface area contributed by atoms with Gasteiger partial charge in [-0.3, -0.25) is 13.8 Å². The van der Waals surface area contributed by atoms with E-state index < -0.39 is 45.2 Å². The molecule has 0 amide bonds. The van der Waals surface area contributed by atoms with Gasteiger partial charge in [0.25, 0.3) is 0 Å². The molecular weight excluding hydrogens is 373 g/mol. The molecule has 0 heterocycles. The molecule has 2 atom stereocenters. The van der Waals surface area contributed by atoms with E-state index in [0.717, 1.165) is 13.0 Å². The molecule has 0 aliphatic rings. The summed E-state index contributed by atoms with van der Waals surface area (Å²) < 4.78 is 35.4. The fraction of sp³-hybridized carbons (Fsp3) is 0.643. The second-order valence-corrected chi connectivity index (χ2v) is 7.48. The summed E-state index contributed by atoms with van der Waals surface area (Å²) in [4.78, 5) is 42.8. The van der Waals surface area contributed by atoms with Gasteiger partial charge in [0.2, 0.25) is 0 Å². The lowest BCUT2D eigenvalue weighted by Crippen LogP contribution is -2.37. The number of ether oxygens (including phenoxy) is 3. The molecule has 0 spiro atoms. The van der Waals surface area contributed by atoms with Crippen molar-refractivity contribution in [3.63, 3.8) is 0 Å². The van der Waals surface area contributed by atoms with Gasteiger partial charge in [0.05, 0.1) is 27.7 Å². The number of likely N-dealkylation sites (N-methyl/N-ethyl adjacent to an activating group) is 1. The minimum Gasteiger partial charge on any atom is -0.462 e. The van der Waals surface area contributed by atoms with Crippen LogP contribution in [0.25, 0.3) is 0 Å². The normalized spacial score (nSPS) is 14.7. The van der Waals surface area contributed by atoms with E-state index >= 15 is 0 Å². The smallest absolute Gasteiger partial charge is 0.462 e. The van der Waals surface area contributed by atoms with Crippen molar-refractivity contribution in [3.8, 4) is 0 Å². The van der Waals surface area contributed by atoms with Crippen LogP contribution in [0.3, 0.4) is 0 Å². The van der Waals surface area contributed by atoms with Crippen molar-refractivity contribution in [1.82, 2.24) is 0 Å². The van der Waals surface area contributed by atoms with Crippen LogP contribution in [0.1, 0.15) is 6.92 Å². The van der Waals surface area contributed by atoms with Crippen molar-refractivity contribution in [2.45, 2.75) is 13.0 Å². The van der Waals surface area contributed by atoms with Crippen LogP contribution in [0.2, 0.25) is 0 Å². The summed E-state index contributed by atoms with van der Waals surface area (Å²) in [5, 5.41) is 0. The first-order valence-corrected chi connectivity index (χ1v) is 8.95. The van der Waals surface area contributed by atoms with E-state index in [9.17, 15) is 23.8 Å². The summed E-state index contributed by atoms with van der Waals surface area (Å²) in [6, 6.07) is 0. The molecule has 0 rings (SSSR count). The fourth-order valence-corrected chi connectivity index (χ4v) is 2.00. The molecule has 0 bridgehead atoms. The van der Waals surface area contributed by atoms with Gasteiger partial charge in [0, 0.05) is 13.0 Å². The zero-order chi connectivity index (χ0) is 20.4. The summed E-state index contributed by atoms with van der Waals surface area (Å²) in [6.45, 7) is 3.49. The maximum absolute atomic E-state index is 11.8. The van der Waals surface area contributed by atoms with Gasteiger partial charge in [-0.05, 0) is 0 Å². The number of carbonyl (C=O) groups excluding carboxylic acids is 3. The zero-order valence-electron chi connectivity index (χ0n) is 15.2. The Bertz CT molecular complexity index is 556. The van der Waals surface area contributed by atoms with E-state index in [1.807, 2.05) is 21.1 Å². The number of carbonyl (C=O) groups is 3. The van der Waals surface area contributed by atoms with Gasteiger partial charge >= 0.3 is 25.9 Å². The Kier molecular flexibility index (Phi) is 10.3. The lowest BCUT2D eigenvalue weighted by molar-refractivity contribution is -0.870. The Balaban J connectivity index is 4.62. The van der Waals surface area contributed by atoms with Gasteiger partial charge in [-0.25, -0.2) is 14.2 Å². The molecule has 0 aromatic carbocycles. The van der Waals surface area contributed by atoms with E-state index in [1.54, 1.807) is 0 Å². The fourth-order valence-electron chi connectivity index (χ4n) is 1.26. The highest BCUT2D eigenvalue weighted by Crippen LogP contribution is 2.43. The standard InChI is InChI=1S/C14H24NO10P/c1-6-13(17)25-14(18)24-12(9-21-11(2)16)10-23-26(19,20)22-8-7-15(3,4)5/h6,12H,1,7-10H2,2-5H3/p+1. The molecule has 0 aliphatic heterocycles. The second-order valence-electron chi connectivity index (χ2n) is 6.03. The van der Waals surface area contributed by atoms with Crippen LogP contribution in [0.5, 0.6) is 0 Å². The molecule has 2 unspecified atom stereocenters. The number of phosphoric acid groups is 1. The first-order chi connectivity index (χ1) is 11.8. The van der Waals surface area contributed by atoms with Crippen molar-refractivity contribution in [3.05, 3.63) is 12.7 Å². The van der Waals surface area contributed by atoms with Crippen LogP contribution in [0.4, 0.5) is 4.79 Å². The van der Waals surface area contributed by atoms with E-state index in [1.165, 1.54) is 0 Å². The van der Waals surface area contributed by atoms with E-state index in [2.05, 4.69) is 16.1 Å². The Morgan fingerprint density at radius 3 is 2.31 bits per heavy atom. The number of rotatable bonds is 11. The van der Waals surface area contributed by atoms with Crippen LogP contribution in [0, 0.1) is 0 Å². The molecule has 11 nitrogen and oxygen atoms in total. The minimum atomic E-state index is -4.42. The molecule has 0 saturated heterocycles. The summed E-state index contributed by atoms with van der Waals surface area (Å²) in [5.74, 6) is -1.74. The number of esters is 2. The highest BCUT2D eigenvalue weighted by atomic mass is 31.2. The monoisotopic (exact) mass is 398 g/mol. The number of nitrogens with zero attached hydrogens (tertiary/aromatic N) is 1. The quantitative estimate of drug-likeness (QED) is 0.173. The average molecular weight is 398 g/mol. The zero-order valence-corrected chi connectivity index (χ0v) is 16.1. The van der Waals surface area contributed by atoms with Gasteiger partial charge in [0.1, 0.15) is 19.8 Å². The van der Waals surface area contributed by atoms with Gasteiger partial charge in [-0.15, -0.1) is 0 Å². The highest BCUT2D eigenvalue weighted by molar-refractivity contribution is 7.47. The third-order valence-corrected chi connectivity index (χ3v) is 3.51. The van der Waals surface area contributed by atoms with E-state index in [0.29, 0.717) is 11.0 Å². The first-order valence-electron chi connectivity index (χ1n) is 7.45. The number of quaternary nitrogens is 1. The van der Waals surface area contributed by atoms with Gasteiger partial charge < -0.3 is 23.6 Å². The van der Waals surface area contributed by atoms with Crippen molar-refractivity contribution in [2.24, 2.45) is 0 Å². The SMILES string of the molecule is C=CC(=O)OC(=O)OC(COC(C)=O)COP(=O)(O)OCC[N+](C)(C)C. The topological polar surface area (TPSA) is 135 Å². The van der Waals surface area contributed by atoms with Crippen LogP contribution >= 0.6 is 7.82 Å². The van der Waals surface area contributed by atoms with Crippen molar-refractivity contribution in [2.75, 3.05) is 47.5 Å². The predicted octanol–water partition coefficient (Wildman–Crippen LogP) is 0.624. The van der Waals surface area contributed by atoms with Gasteiger partial charge in [-0.2, -0.15) is 0 Å². The molecule has 0 aromatic heterocycles. The molecule has 0 fully saturated rings. The average Bonchev–Trinajstić information content (AvgIpc) is 2.48. The largest absolute Gasteiger partial charge is 0.516 e. The van der Waals surface area contributed by atoms with Crippen molar-refractivity contribution in [1.29, 1.82) is 0 Å². The molecule has 0 aromatic rings. The Morgan fingerprint density at radius 2 is 1.81 bits per heavy atom. The molecule has 0 radical (unpaired) electrons. The van der Waals surface area contributed by atoms with E-state index in [4.69, 9.17) is 13.8 Å². The third-order valence-electron chi connectivity index (χ3n) is 2.53. The number of hydrogen-bond acceptors (Lipinski definition) is 9. The van der Waals surface area contributed by atoms with Crippen molar-refractivity contribution < 1.29 is 51.6 Å². The minimum absolute atomic E-state index is 0.0530. The number of hydrogen-bond donors (Lipinski definition) is 1. The highest BCUT2D eigenvalue weighted by Gasteiger charge is 2.27. The molecule has 12 heteroatoms. The summed E-state index contributed by atoms with van der Waals surface area (Å²) >= 11 is 0. The van der Waals surface area contributed by atoms with Crippen LogP contribution < -0.4 is 0 Å². The summed E-state index contributed by atoms with van der Waals surface area (Å²) in [6.07, 6.45) is -1.97. The predicted molar refractivity (Wildman–Crippen MR) is 87.8 cm³/mol.